The molecule has 0 unspecified atom stereocenters. The number of hydrogen-bond acceptors (Lipinski definition) is 5. The average molecular weight is 586 g/mol. The Morgan fingerprint density at radius 1 is 0.974 bits per heavy atom. The smallest absolute Gasteiger partial charge is 0.306 e. The van der Waals surface area contributed by atoms with Gasteiger partial charge in [-0.25, -0.2) is 8.78 Å². The number of aromatic nitrogens is 3. The lowest BCUT2D eigenvalue weighted by atomic mass is 9.86. The van der Waals surface area contributed by atoms with Gasteiger partial charge in [0.05, 0.1) is 45.9 Å². The Bertz CT molecular complexity index is 1350. The second kappa shape index (κ2) is 11.8. The van der Waals surface area contributed by atoms with Crippen LogP contribution in [0.4, 0.5) is 8.78 Å². The van der Waals surface area contributed by atoms with Crippen LogP contribution < -0.4 is 0 Å². The number of carbonyl (C=O) groups excluding carboxylic acids is 2. The van der Waals surface area contributed by atoms with Crippen LogP contribution in [-0.2, 0) is 11.3 Å². The van der Waals surface area contributed by atoms with Crippen LogP contribution in [0.5, 0.6) is 0 Å². The summed E-state index contributed by atoms with van der Waals surface area (Å²) in [5.74, 6) is -4.32. The Hall–Kier alpha value is -3.08. The fourth-order valence-electron chi connectivity index (χ4n) is 4.54. The topological polar surface area (TPSA) is 105 Å². The number of carboxylic acid groups (broad SMARTS) is 1. The molecule has 2 aromatic heterocycles. The van der Waals surface area contributed by atoms with Crippen LogP contribution >= 0.6 is 34.8 Å². The highest BCUT2D eigenvalue weighted by Gasteiger charge is 2.31. The lowest BCUT2D eigenvalue weighted by Crippen LogP contribution is -2.35. The van der Waals surface area contributed by atoms with E-state index in [1.165, 1.54) is 23.3 Å². The number of hydrogen-bond donors (Lipinski definition) is 1. The highest BCUT2D eigenvalue weighted by Crippen LogP contribution is 2.35. The van der Waals surface area contributed by atoms with Crippen molar-refractivity contribution in [2.24, 2.45) is 5.92 Å². The van der Waals surface area contributed by atoms with Crippen LogP contribution in [0.15, 0.2) is 36.8 Å². The molecule has 1 aliphatic rings. The maximum Gasteiger partial charge on any atom is 0.306 e. The van der Waals surface area contributed by atoms with E-state index in [-0.39, 0.29) is 44.5 Å². The van der Waals surface area contributed by atoms with Gasteiger partial charge in [-0.15, -0.1) is 0 Å². The number of amides is 1. The molecular formula is C25H21Cl3F2N4O4. The molecule has 1 amide bonds. The van der Waals surface area contributed by atoms with Gasteiger partial charge in [0.2, 0.25) is 0 Å². The summed E-state index contributed by atoms with van der Waals surface area (Å²) in [7, 11) is 0. The molecule has 1 fully saturated rings. The Morgan fingerprint density at radius 2 is 1.58 bits per heavy atom. The summed E-state index contributed by atoms with van der Waals surface area (Å²) in [4.78, 5) is 42.9. The zero-order chi connectivity index (χ0) is 27.6. The van der Waals surface area contributed by atoms with Crippen LogP contribution in [0, 0.1) is 17.6 Å². The minimum atomic E-state index is -0.852. The zero-order valence-electron chi connectivity index (χ0n) is 19.7. The van der Waals surface area contributed by atoms with Crippen LogP contribution in [-0.4, -0.2) is 49.0 Å². The summed E-state index contributed by atoms with van der Waals surface area (Å²) in [5, 5.41) is 13.5. The van der Waals surface area contributed by atoms with Gasteiger partial charge in [-0.05, 0) is 43.4 Å². The lowest BCUT2D eigenvalue weighted by molar-refractivity contribution is -0.143. The van der Waals surface area contributed by atoms with Crippen LogP contribution in [0.25, 0.3) is 0 Å². The first-order valence-corrected chi connectivity index (χ1v) is 12.7. The van der Waals surface area contributed by atoms with Gasteiger partial charge in [0.25, 0.3) is 5.91 Å². The zero-order valence-corrected chi connectivity index (χ0v) is 22.0. The van der Waals surface area contributed by atoms with E-state index in [0.29, 0.717) is 31.7 Å². The SMILES string of the molecule is O=C(CN(Cc1cc(F)cc(F)c1)C(=O)c1cnn([C@H]2CC[C@H](C(=O)O)CC2)c1Cl)c1c(Cl)cncc1Cl. The summed E-state index contributed by atoms with van der Waals surface area (Å²) >= 11 is 18.8. The van der Waals surface area contributed by atoms with Gasteiger partial charge in [0.1, 0.15) is 16.8 Å². The Labute approximate surface area is 231 Å². The highest BCUT2D eigenvalue weighted by molar-refractivity contribution is 6.39. The molecule has 200 valence electrons. The van der Waals surface area contributed by atoms with Gasteiger partial charge in [-0.2, -0.15) is 5.10 Å². The van der Waals surface area contributed by atoms with E-state index in [9.17, 15) is 28.3 Å². The molecular weight excluding hydrogens is 565 g/mol. The van der Waals surface area contributed by atoms with E-state index in [1.54, 1.807) is 0 Å². The summed E-state index contributed by atoms with van der Waals surface area (Å²) in [6, 6.07) is 2.58. The number of carbonyl (C=O) groups is 3. The molecule has 0 aliphatic heterocycles. The third-order valence-corrected chi connectivity index (χ3v) is 7.36. The van der Waals surface area contributed by atoms with Crippen molar-refractivity contribution in [3.05, 3.63) is 80.3 Å². The molecule has 0 radical (unpaired) electrons. The van der Waals surface area contributed by atoms with Crippen molar-refractivity contribution in [1.29, 1.82) is 0 Å². The van der Waals surface area contributed by atoms with Crippen LogP contribution in [0.2, 0.25) is 15.2 Å². The van der Waals surface area contributed by atoms with Gasteiger partial charge < -0.3 is 10.0 Å². The summed E-state index contributed by atoms with van der Waals surface area (Å²) < 4.78 is 29.2. The Morgan fingerprint density at radius 3 is 2.16 bits per heavy atom. The van der Waals surface area contributed by atoms with E-state index in [2.05, 4.69) is 10.1 Å². The number of ketones is 1. The summed E-state index contributed by atoms with van der Waals surface area (Å²) in [6.45, 7) is -0.865. The lowest BCUT2D eigenvalue weighted by Gasteiger charge is -2.27. The molecule has 4 rings (SSSR count). The normalized spacial score (nSPS) is 17.3. The number of Topliss-reactive ketones (excluding diaryl/α,β-unsaturated/α-hetero) is 1. The standard InChI is InChI=1S/C25H21Cl3F2N4O4/c26-19-9-31-10-20(27)22(19)21(35)12-33(11-13-5-15(29)7-16(30)6-13)24(36)18-8-32-34(23(18)28)17-3-1-14(2-4-17)25(37)38/h5-10,14,17H,1-4,11-12H2,(H,37,38)/t14-,17-. The first kappa shape index (κ1) is 27.9. The molecule has 2 heterocycles. The van der Waals surface area contributed by atoms with Crippen molar-refractivity contribution in [1.82, 2.24) is 19.7 Å². The number of halogens is 5. The largest absolute Gasteiger partial charge is 0.481 e. The molecule has 0 bridgehead atoms. The second-order valence-electron chi connectivity index (χ2n) is 8.98. The average Bonchev–Trinajstić information content (AvgIpc) is 3.23. The van der Waals surface area contributed by atoms with E-state index < -0.39 is 41.8 Å². The predicted molar refractivity (Wildman–Crippen MR) is 136 cm³/mol. The van der Waals surface area contributed by atoms with Crippen molar-refractivity contribution >= 4 is 52.5 Å². The first-order chi connectivity index (χ1) is 18.0. The quantitative estimate of drug-likeness (QED) is 0.332. The van der Waals surface area contributed by atoms with E-state index in [0.717, 1.165) is 17.0 Å². The van der Waals surface area contributed by atoms with Crippen molar-refractivity contribution in [2.75, 3.05) is 6.54 Å². The predicted octanol–water partition coefficient (Wildman–Crippen LogP) is 5.86. The van der Waals surface area contributed by atoms with E-state index in [1.807, 2.05) is 0 Å². The Kier molecular flexibility index (Phi) is 8.64. The van der Waals surface area contributed by atoms with E-state index >= 15 is 0 Å². The third kappa shape index (κ3) is 6.14. The van der Waals surface area contributed by atoms with Gasteiger partial charge >= 0.3 is 5.97 Å². The minimum absolute atomic E-state index is 0.0108. The van der Waals surface area contributed by atoms with Gasteiger partial charge in [-0.3, -0.25) is 24.0 Å². The van der Waals surface area contributed by atoms with Crippen molar-refractivity contribution < 1.29 is 28.3 Å². The minimum Gasteiger partial charge on any atom is -0.481 e. The van der Waals surface area contributed by atoms with Crippen molar-refractivity contribution in [2.45, 2.75) is 38.3 Å². The van der Waals surface area contributed by atoms with Crippen LogP contribution in [0.1, 0.15) is 58.0 Å². The fraction of sp³-hybridized carbons (Fsp3) is 0.320. The molecule has 1 saturated carbocycles. The Balaban J connectivity index is 1.62. The highest BCUT2D eigenvalue weighted by atomic mass is 35.5. The monoisotopic (exact) mass is 584 g/mol. The molecule has 8 nitrogen and oxygen atoms in total. The fourth-order valence-corrected chi connectivity index (χ4v) is 5.42. The number of aliphatic carboxylic acids is 1. The molecule has 0 saturated heterocycles. The van der Waals surface area contributed by atoms with Gasteiger partial charge in [0.15, 0.2) is 5.78 Å². The van der Waals surface area contributed by atoms with Crippen molar-refractivity contribution in [3.63, 3.8) is 0 Å². The molecule has 0 spiro atoms. The molecule has 1 N–H and O–H groups in total. The summed E-state index contributed by atoms with van der Waals surface area (Å²) in [6.07, 6.45) is 5.62. The van der Waals surface area contributed by atoms with Gasteiger partial charge in [0, 0.05) is 25.0 Å². The number of pyridine rings is 1. The number of benzene rings is 1. The maximum atomic E-state index is 13.9. The molecule has 1 aliphatic carbocycles. The molecule has 3 aromatic rings. The maximum absolute atomic E-state index is 13.9. The number of rotatable bonds is 8. The number of nitrogens with zero attached hydrogens (tertiary/aromatic N) is 4. The number of carboxylic acids is 1. The molecule has 38 heavy (non-hydrogen) atoms. The van der Waals surface area contributed by atoms with Crippen LogP contribution in [0.3, 0.4) is 0 Å². The second-order valence-corrected chi connectivity index (χ2v) is 10.1. The van der Waals surface area contributed by atoms with E-state index in [4.69, 9.17) is 34.8 Å². The molecule has 13 heteroatoms. The van der Waals surface area contributed by atoms with Gasteiger partial charge in [-0.1, -0.05) is 34.8 Å². The molecule has 1 aromatic carbocycles. The summed E-state index contributed by atoms with van der Waals surface area (Å²) in [5.41, 5.74) is 0.0261. The van der Waals surface area contributed by atoms with Crippen molar-refractivity contribution in [3.8, 4) is 0 Å². The molecule has 0 atom stereocenters. The first-order valence-electron chi connectivity index (χ1n) is 11.6. The third-order valence-electron chi connectivity index (χ3n) is 6.41.